The van der Waals surface area contributed by atoms with Crippen LogP contribution in [0, 0.1) is 0 Å². The van der Waals surface area contributed by atoms with Gasteiger partial charge in [0.15, 0.2) is 11.5 Å². The summed E-state index contributed by atoms with van der Waals surface area (Å²) in [5, 5.41) is 18.5. The molecule has 0 saturated heterocycles. The Hall–Kier alpha value is -1.81. The van der Waals surface area contributed by atoms with Gasteiger partial charge in [0, 0.05) is 0 Å². The first kappa shape index (κ1) is 11.7. The highest BCUT2D eigenvalue weighted by molar-refractivity contribution is 9.10. The Labute approximate surface area is 107 Å². The Morgan fingerprint density at radius 3 is 2.53 bits per heavy atom. The number of rotatable bonds is 2. The lowest BCUT2D eigenvalue weighted by atomic mass is 10.2. The van der Waals surface area contributed by atoms with Gasteiger partial charge in [0.2, 0.25) is 0 Å². The highest BCUT2D eigenvalue weighted by Crippen LogP contribution is 2.25. The van der Waals surface area contributed by atoms with Crippen molar-refractivity contribution in [3.8, 4) is 11.5 Å². The molecule has 0 atom stereocenters. The smallest absolute Gasteiger partial charge is 0.157 e. The van der Waals surface area contributed by atoms with Crippen LogP contribution in [0.4, 0.5) is 0 Å². The van der Waals surface area contributed by atoms with Crippen molar-refractivity contribution in [2.45, 2.75) is 0 Å². The molecular weight excluding hydrogens is 282 g/mol. The van der Waals surface area contributed by atoms with Gasteiger partial charge >= 0.3 is 0 Å². The van der Waals surface area contributed by atoms with Gasteiger partial charge in [-0.05, 0) is 51.8 Å². The molecule has 2 rings (SSSR count). The van der Waals surface area contributed by atoms with Gasteiger partial charge in [-0.15, -0.1) is 0 Å². The van der Waals surface area contributed by atoms with Crippen molar-refractivity contribution >= 4 is 28.1 Å². The third-order valence-corrected chi connectivity index (χ3v) is 2.62. The second-order valence-corrected chi connectivity index (χ2v) is 4.28. The van der Waals surface area contributed by atoms with Gasteiger partial charge < -0.3 is 10.2 Å². The number of halogens is 1. The Bertz CT molecular complexity index is 567. The molecule has 2 aromatic rings. The van der Waals surface area contributed by atoms with Gasteiger partial charge in [-0.1, -0.05) is 18.2 Å². The molecule has 0 aliphatic carbocycles. The number of benzene rings is 1. The molecule has 0 aliphatic heterocycles. The van der Waals surface area contributed by atoms with E-state index in [0.717, 1.165) is 15.9 Å². The molecule has 1 heterocycles. The van der Waals surface area contributed by atoms with Gasteiger partial charge in [-0.25, -0.2) is 4.98 Å². The van der Waals surface area contributed by atoms with Crippen LogP contribution in [-0.2, 0) is 0 Å². The topological polar surface area (TPSA) is 53.4 Å². The molecule has 0 amide bonds. The summed E-state index contributed by atoms with van der Waals surface area (Å²) in [7, 11) is 0. The SMILES string of the molecule is Oc1ccc(/C=C/c2cccc(Br)n2)cc1O. The summed E-state index contributed by atoms with van der Waals surface area (Å²) < 4.78 is 0.771. The van der Waals surface area contributed by atoms with Gasteiger partial charge in [-0.3, -0.25) is 0 Å². The lowest BCUT2D eigenvalue weighted by molar-refractivity contribution is 0.403. The summed E-state index contributed by atoms with van der Waals surface area (Å²) in [4.78, 5) is 4.25. The summed E-state index contributed by atoms with van der Waals surface area (Å²) in [5.41, 5.74) is 1.61. The van der Waals surface area contributed by atoms with E-state index in [1.165, 1.54) is 12.1 Å². The van der Waals surface area contributed by atoms with E-state index in [1.54, 1.807) is 6.07 Å². The van der Waals surface area contributed by atoms with E-state index in [0.29, 0.717) is 0 Å². The van der Waals surface area contributed by atoms with Crippen molar-refractivity contribution in [3.63, 3.8) is 0 Å². The number of aromatic hydroxyl groups is 2. The second-order valence-electron chi connectivity index (χ2n) is 3.47. The molecule has 4 heteroatoms. The van der Waals surface area contributed by atoms with E-state index < -0.39 is 0 Å². The van der Waals surface area contributed by atoms with Crippen LogP contribution in [0.2, 0.25) is 0 Å². The highest BCUT2D eigenvalue weighted by atomic mass is 79.9. The van der Waals surface area contributed by atoms with Crippen LogP contribution in [0.5, 0.6) is 11.5 Å². The van der Waals surface area contributed by atoms with Crippen LogP contribution in [0.25, 0.3) is 12.2 Å². The molecule has 0 radical (unpaired) electrons. The number of aromatic nitrogens is 1. The van der Waals surface area contributed by atoms with E-state index in [-0.39, 0.29) is 11.5 Å². The number of phenolic OH excluding ortho intramolecular Hbond substituents is 2. The zero-order valence-electron chi connectivity index (χ0n) is 8.84. The molecule has 86 valence electrons. The van der Waals surface area contributed by atoms with Crippen LogP contribution >= 0.6 is 15.9 Å². The van der Waals surface area contributed by atoms with Gasteiger partial charge in [-0.2, -0.15) is 0 Å². The summed E-state index contributed by atoms with van der Waals surface area (Å²) in [6.07, 6.45) is 3.64. The highest BCUT2D eigenvalue weighted by Gasteiger charge is 1.98. The quantitative estimate of drug-likeness (QED) is 0.658. The largest absolute Gasteiger partial charge is 0.504 e. The van der Waals surface area contributed by atoms with Crippen LogP contribution in [0.15, 0.2) is 41.0 Å². The minimum Gasteiger partial charge on any atom is -0.504 e. The Morgan fingerprint density at radius 1 is 1.00 bits per heavy atom. The second kappa shape index (κ2) is 5.01. The minimum atomic E-state index is -0.130. The summed E-state index contributed by atoms with van der Waals surface area (Å²) in [5.74, 6) is -0.253. The monoisotopic (exact) mass is 291 g/mol. The van der Waals surface area contributed by atoms with E-state index in [4.69, 9.17) is 0 Å². The van der Waals surface area contributed by atoms with Crippen LogP contribution in [0.3, 0.4) is 0 Å². The standard InChI is InChI=1S/C13H10BrNO2/c14-13-3-1-2-10(15-13)6-4-9-5-7-11(16)12(17)8-9/h1-8,16-17H/b6-4+. The maximum absolute atomic E-state index is 9.33. The van der Waals surface area contributed by atoms with E-state index in [2.05, 4.69) is 20.9 Å². The molecule has 0 spiro atoms. The molecule has 2 N–H and O–H groups in total. The zero-order valence-corrected chi connectivity index (χ0v) is 10.4. The number of nitrogens with zero attached hydrogens (tertiary/aromatic N) is 1. The van der Waals surface area contributed by atoms with Crippen molar-refractivity contribution in [3.05, 3.63) is 52.3 Å². The predicted octanol–water partition coefficient (Wildman–Crippen LogP) is 3.43. The van der Waals surface area contributed by atoms with E-state index >= 15 is 0 Å². The number of pyridine rings is 1. The number of hydrogen-bond acceptors (Lipinski definition) is 3. The first-order valence-electron chi connectivity index (χ1n) is 4.98. The summed E-state index contributed by atoms with van der Waals surface area (Å²) >= 11 is 3.29. The summed E-state index contributed by atoms with van der Waals surface area (Å²) in [6, 6.07) is 10.3. The predicted molar refractivity (Wildman–Crippen MR) is 70.6 cm³/mol. The van der Waals surface area contributed by atoms with Crippen molar-refractivity contribution in [2.24, 2.45) is 0 Å². The van der Waals surface area contributed by atoms with E-state index in [1.807, 2.05) is 30.4 Å². The molecule has 1 aromatic carbocycles. The lowest BCUT2D eigenvalue weighted by Gasteiger charge is -1.98. The Morgan fingerprint density at radius 2 is 1.82 bits per heavy atom. The molecule has 0 fully saturated rings. The average Bonchev–Trinajstić information content (AvgIpc) is 2.31. The van der Waals surface area contributed by atoms with Gasteiger partial charge in [0.1, 0.15) is 4.60 Å². The first-order chi connectivity index (χ1) is 8.15. The zero-order chi connectivity index (χ0) is 12.3. The maximum atomic E-state index is 9.33. The molecule has 1 aromatic heterocycles. The van der Waals surface area contributed by atoms with Crippen molar-refractivity contribution in [2.75, 3.05) is 0 Å². The lowest BCUT2D eigenvalue weighted by Crippen LogP contribution is -1.80. The van der Waals surface area contributed by atoms with Crippen molar-refractivity contribution < 1.29 is 10.2 Å². The first-order valence-corrected chi connectivity index (χ1v) is 5.77. The fraction of sp³-hybridized carbons (Fsp3) is 0. The van der Waals surface area contributed by atoms with E-state index in [9.17, 15) is 10.2 Å². The Balaban J connectivity index is 2.23. The van der Waals surface area contributed by atoms with Gasteiger partial charge in [0.05, 0.1) is 5.69 Å². The Kier molecular flexibility index (Phi) is 3.44. The molecule has 0 saturated carbocycles. The average molecular weight is 292 g/mol. The third-order valence-electron chi connectivity index (χ3n) is 2.18. The summed E-state index contributed by atoms with van der Waals surface area (Å²) in [6.45, 7) is 0. The number of hydrogen-bond donors (Lipinski definition) is 2. The van der Waals surface area contributed by atoms with Crippen molar-refractivity contribution in [1.82, 2.24) is 4.98 Å². The fourth-order valence-electron chi connectivity index (χ4n) is 1.34. The fourth-order valence-corrected chi connectivity index (χ4v) is 1.70. The van der Waals surface area contributed by atoms with Crippen LogP contribution < -0.4 is 0 Å². The molecule has 0 bridgehead atoms. The third kappa shape index (κ3) is 3.07. The number of phenols is 2. The molecular formula is C13H10BrNO2. The molecule has 17 heavy (non-hydrogen) atoms. The molecule has 0 unspecified atom stereocenters. The molecule has 3 nitrogen and oxygen atoms in total. The van der Waals surface area contributed by atoms with Crippen LogP contribution in [-0.4, -0.2) is 15.2 Å². The van der Waals surface area contributed by atoms with Gasteiger partial charge in [0.25, 0.3) is 0 Å². The van der Waals surface area contributed by atoms with Crippen LogP contribution in [0.1, 0.15) is 11.3 Å². The normalized spacial score (nSPS) is 10.9. The van der Waals surface area contributed by atoms with Crippen molar-refractivity contribution in [1.29, 1.82) is 0 Å². The maximum Gasteiger partial charge on any atom is 0.157 e. The molecule has 0 aliphatic rings. The minimum absolute atomic E-state index is 0.122.